The molecule has 0 bridgehead atoms. The number of rotatable bonds is 5. The number of nitrogens with zero attached hydrogens (tertiary/aromatic N) is 2. The second kappa shape index (κ2) is 8.15. The van der Waals surface area contributed by atoms with Gasteiger partial charge in [0.2, 0.25) is 0 Å². The summed E-state index contributed by atoms with van der Waals surface area (Å²) in [4.78, 5) is 19.2. The molecule has 0 aliphatic carbocycles. The maximum Gasteiger partial charge on any atom is 0.272 e. The fourth-order valence-corrected chi connectivity index (χ4v) is 3.42. The molecule has 1 aliphatic rings. The Morgan fingerprint density at radius 2 is 1.88 bits per heavy atom. The van der Waals surface area contributed by atoms with Crippen LogP contribution in [-0.2, 0) is 6.42 Å². The molecule has 132 valence electrons. The van der Waals surface area contributed by atoms with Crippen molar-refractivity contribution in [3.8, 4) is 0 Å². The Morgan fingerprint density at radius 3 is 2.52 bits per heavy atom. The van der Waals surface area contributed by atoms with E-state index in [9.17, 15) is 4.79 Å². The largest absolute Gasteiger partial charge is 0.354 e. The van der Waals surface area contributed by atoms with E-state index in [1.165, 1.54) is 12.0 Å². The zero-order valence-corrected chi connectivity index (χ0v) is 15.2. The molecule has 2 aromatic rings. The van der Waals surface area contributed by atoms with Crippen LogP contribution in [0.25, 0.3) is 0 Å². The molecule has 1 aliphatic heterocycles. The topological polar surface area (TPSA) is 45.2 Å². The average molecular weight is 337 g/mol. The van der Waals surface area contributed by atoms with Gasteiger partial charge in [-0.1, -0.05) is 26.0 Å². The fraction of sp³-hybridized carbons (Fsp3) is 0.429. The van der Waals surface area contributed by atoms with Crippen LogP contribution in [0.15, 0.2) is 42.6 Å². The highest BCUT2D eigenvalue weighted by Crippen LogP contribution is 2.22. The number of hydrogen-bond acceptors (Lipinski definition) is 3. The van der Waals surface area contributed by atoms with Gasteiger partial charge in [-0.25, -0.2) is 4.98 Å². The first-order valence-corrected chi connectivity index (χ1v) is 9.34. The molecule has 2 heterocycles. The number of amides is 1. The highest BCUT2D eigenvalue weighted by atomic mass is 16.2. The van der Waals surface area contributed by atoms with Crippen LogP contribution in [0.5, 0.6) is 0 Å². The zero-order chi connectivity index (χ0) is 17.6. The molecule has 1 aromatic carbocycles. The number of hydrogen-bond donors (Lipinski definition) is 1. The number of carbonyl (C=O) groups excluding carboxylic acids is 1. The van der Waals surface area contributed by atoms with Gasteiger partial charge in [-0.2, -0.15) is 0 Å². The minimum Gasteiger partial charge on any atom is -0.354 e. The maximum atomic E-state index is 12.8. The van der Waals surface area contributed by atoms with Gasteiger partial charge >= 0.3 is 0 Å². The fourth-order valence-electron chi connectivity index (χ4n) is 3.42. The Hall–Kier alpha value is -2.36. The summed E-state index contributed by atoms with van der Waals surface area (Å²) in [5.41, 5.74) is 3.77. The third-order valence-electron chi connectivity index (χ3n) is 4.99. The highest BCUT2D eigenvalue weighted by Gasteiger charge is 2.26. The van der Waals surface area contributed by atoms with Crippen molar-refractivity contribution in [1.82, 2.24) is 9.88 Å². The number of aryl methyl sites for hydroxylation is 1. The van der Waals surface area contributed by atoms with Crippen molar-refractivity contribution in [1.29, 1.82) is 0 Å². The predicted molar refractivity (Wildman–Crippen MR) is 102 cm³/mol. The van der Waals surface area contributed by atoms with Crippen LogP contribution < -0.4 is 5.32 Å². The van der Waals surface area contributed by atoms with Gasteiger partial charge in [0.25, 0.3) is 5.91 Å². The second-order valence-corrected chi connectivity index (χ2v) is 6.66. The smallest absolute Gasteiger partial charge is 0.272 e. The van der Waals surface area contributed by atoms with Gasteiger partial charge in [-0.15, -0.1) is 0 Å². The first kappa shape index (κ1) is 17.5. The maximum absolute atomic E-state index is 12.8. The van der Waals surface area contributed by atoms with E-state index in [0.29, 0.717) is 11.7 Å². The standard InChI is InChI=1S/C21H27N3O/c1-3-16-8-10-17(11-9-16)23-18-12-13-20(22-15-18)21(25)24-14-6-5-7-19(24)4-2/h8-13,15,19,23H,3-7,14H2,1-2H3. The molecular weight excluding hydrogens is 310 g/mol. The molecule has 4 heteroatoms. The second-order valence-electron chi connectivity index (χ2n) is 6.66. The number of benzene rings is 1. The van der Waals surface area contributed by atoms with Gasteiger partial charge in [-0.3, -0.25) is 4.79 Å². The number of pyridine rings is 1. The molecule has 3 rings (SSSR count). The van der Waals surface area contributed by atoms with Gasteiger partial charge < -0.3 is 10.2 Å². The Bertz CT molecular complexity index is 694. The third kappa shape index (κ3) is 4.19. The summed E-state index contributed by atoms with van der Waals surface area (Å²) >= 11 is 0. The first-order chi connectivity index (χ1) is 12.2. The minimum atomic E-state index is 0.0606. The van der Waals surface area contributed by atoms with Crippen molar-refractivity contribution in [3.63, 3.8) is 0 Å². The summed E-state index contributed by atoms with van der Waals surface area (Å²) in [5, 5.41) is 3.33. The molecule has 0 radical (unpaired) electrons. The van der Waals surface area contributed by atoms with Gasteiger partial charge in [0.05, 0.1) is 11.9 Å². The van der Waals surface area contributed by atoms with Crippen LogP contribution in [0.4, 0.5) is 11.4 Å². The summed E-state index contributed by atoms with van der Waals surface area (Å²) < 4.78 is 0. The highest BCUT2D eigenvalue weighted by molar-refractivity contribution is 5.92. The molecule has 0 spiro atoms. The zero-order valence-electron chi connectivity index (χ0n) is 15.2. The third-order valence-corrected chi connectivity index (χ3v) is 4.99. The molecule has 4 nitrogen and oxygen atoms in total. The summed E-state index contributed by atoms with van der Waals surface area (Å²) in [6, 6.07) is 12.5. The summed E-state index contributed by atoms with van der Waals surface area (Å²) in [7, 11) is 0. The Labute approximate surface area is 150 Å². The van der Waals surface area contributed by atoms with Crippen molar-refractivity contribution in [2.45, 2.75) is 52.0 Å². The van der Waals surface area contributed by atoms with Crippen LogP contribution in [0.3, 0.4) is 0 Å². The molecule has 1 aromatic heterocycles. The predicted octanol–water partition coefficient (Wildman–Crippen LogP) is 4.79. The number of piperidine rings is 1. The van der Waals surface area contributed by atoms with E-state index in [-0.39, 0.29) is 5.91 Å². The molecule has 1 amide bonds. The van der Waals surface area contributed by atoms with E-state index >= 15 is 0 Å². The lowest BCUT2D eigenvalue weighted by Crippen LogP contribution is -2.43. The monoisotopic (exact) mass is 337 g/mol. The summed E-state index contributed by atoms with van der Waals surface area (Å²) in [5.74, 6) is 0.0606. The van der Waals surface area contributed by atoms with E-state index < -0.39 is 0 Å². The van der Waals surface area contributed by atoms with Crippen LogP contribution >= 0.6 is 0 Å². The lowest BCUT2D eigenvalue weighted by molar-refractivity contribution is 0.0602. The van der Waals surface area contributed by atoms with Crippen LogP contribution in [-0.4, -0.2) is 28.4 Å². The Kier molecular flexibility index (Phi) is 5.69. The molecule has 25 heavy (non-hydrogen) atoms. The van der Waals surface area contributed by atoms with E-state index in [4.69, 9.17) is 0 Å². The van der Waals surface area contributed by atoms with Crippen molar-refractivity contribution in [2.75, 3.05) is 11.9 Å². The molecular formula is C21H27N3O. The normalized spacial score (nSPS) is 17.4. The average Bonchev–Trinajstić information content (AvgIpc) is 2.68. The van der Waals surface area contributed by atoms with Crippen molar-refractivity contribution in [2.24, 2.45) is 0 Å². The Morgan fingerprint density at radius 1 is 1.12 bits per heavy atom. The molecule has 1 atom stereocenters. The van der Waals surface area contributed by atoms with Crippen molar-refractivity contribution >= 4 is 17.3 Å². The lowest BCUT2D eigenvalue weighted by atomic mass is 9.99. The first-order valence-electron chi connectivity index (χ1n) is 9.34. The molecule has 1 fully saturated rings. The minimum absolute atomic E-state index is 0.0606. The van der Waals surface area contributed by atoms with Crippen LogP contribution in [0.2, 0.25) is 0 Å². The quantitative estimate of drug-likeness (QED) is 0.853. The number of likely N-dealkylation sites (tertiary alicyclic amines) is 1. The van der Waals surface area contributed by atoms with Gasteiger partial charge in [0, 0.05) is 18.3 Å². The lowest BCUT2D eigenvalue weighted by Gasteiger charge is -2.35. The number of anilines is 2. The van der Waals surface area contributed by atoms with Crippen LogP contribution in [0, 0.1) is 0 Å². The summed E-state index contributed by atoms with van der Waals surface area (Å²) in [6.45, 7) is 5.15. The SMILES string of the molecule is CCc1ccc(Nc2ccc(C(=O)N3CCCCC3CC)nc2)cc1. The van der Waals surface area contributed by atoms with E-state index in [1.807, 2.05) is 17.0 Å². The van der Waals surface area contributed by atoms with Gasteiger partial charge in [-0.05, 0) is 61.9 Å². The van der Waals surface area contributed by atoms with E-state index in [2.05, 4.69) is 48.4 Å². The molecule has 1 saturated heterocycles. The van der Waals surface area contributed by atoms with Gasteiger partial charge in [0.15, 0.2) is 0 Å². The Balaban J connectivity index is 1.67. The van der Waals surface area contributed by atoms with Crippen molar-refractivity contribution in [3.05, 3.63) is 53.9 Å². The number of carbonyl (C=O) groups is 1. The molecule has 1 N–H and O–H groups in total. The van der Waals surface area contributed by atoms with Crippen LogP contribution in [0.1, 0.15) is 55.6 Å². The van der Waals surface area contributed by atoms with E-state index in [1.54, 1.807) is 6.20 Å². The van der Waals surface area contributed by atoms with E-state index in [0.717, 1.165) is 43.6 Å². The number of nitrogens with one attached hydrogen (secondary N) is 1. The molecule has 0 saturated carbocycles. The van der Waals surface area contributed by atoms with Gasteiger partial charge in [0.1, 0.15) is 5.69 Å². The number of aromatic nitrogens is 1. The van der Waals surface area contributed by atoms with Crippen molar-refractivity contribution < 1.29 is 4.79 Å². The molecule has 1 unspecified atom stereocenters. The summed E-state index contributed by atoms with van der Waals surface area (Å²) in [6.07, 6.45) is 7.21.